The summed E-state index contributed by atoms with van der Waals surface area (Å²) in [4.78, 5) is 10.8. The van der Waals surface area contributed by atoms with Gasteiger partial charge in [0.05, 0.1) is 0 Å². The Kier molecular flexibility index (Phi) is 4.79. The monoisotopic (exact) mass is 290 g/mol. The first-order valence-corrected chi connectivity index (χ1v) is 7.12. The van der Waals surface area contributed by atoms with Crippen molar-refractivity contribution in [1.29, 1.82) is 0 Å². The van der Waals surface area contributed by atoms with Gasteiger partial charge in [0.15, 0.2) is 0 Å². The Hall–Kier alpha value is -1.81. The predicted molar refractivity (Wildman–Crippen MR) is 85.1 cm³/mol. The van der Waals surface area contributed by atoms with Crippen molar-refractivity contribution < 1.29 is 0 Å². The summed E-state index contributed by atoms with van der Waals surface area (Å²) in [6.07, 6.45) is 1.58. The molecular formula is C15H19ClN4. The number of hydrogen-bond acceptors (Lipinski definition) is 4. The molecule has 20 heavy (non-hydrogen) atoms. The molecule has 0 fully saturated rings. The number of hydrogen-bond donors (Lipinski definition) is 1. The SMILES string of the molecule is CCN(CC)c1cc(Nc2cccc(Cl)c2C)ncn1. The van der Waals surface area contributed by atoms with Crippen molar-refractivity contribution in [2.45, 2.75) is 20.8 Å². The molecule has 1 N–H and O–H groups in total. The Bertz CT molecular complexity index is 582. The van der Waals surface area contributed by atoms with Crippen molar-refractivity contribution in [2.24, 2.45) is 0 Å². The van der Waals surface area contributed by atoms with E-state index in [4.69, 9.17) is 11.6 Å². The third kappa shape index (κ3) is 3.20. The highest BCUT2D eigenvalue weighted by Gasteiger charge is 2.07. The lowest BCUT2D eigenvalue weighted by molar-refractivity contribution is 0.842. The van der Waals surface area contributed by atoms with Gasteiger partial charge in [-0.25, -0.2) is 9.97 Å². The molecule has 4 nitrogen and oxygen atoms in total. The largest absolute Gasteiger partial charge is 0.357 e. The lowest BCUT2D eigenvalue weighted by Crippen LogP contribution is -2.23. The van der Waals surface area contributed by atoms with Gasteiger partial charge in [-0.3, -0.25) is 0 Å². The number of anilines is 3. The molecule has 0 unspecified atom stereocenters. The molecule has 0 amide bonds. The average molecular weight is 291 g/mol. The molecule has 0 saturated heterocycles. The number of benzene rings is 1. The van der Waals surface area contributed by atoms with Crippen LogP contribution in [0.25, 0.3) is 0 Å². The fraction of sp³-hybridized carbons (Fsp3) is 0.333. The molecule has 1 aromatic heterocycles. The summed E-state index contributed by atoms with van der Waals surface area (Å²) in [5.74, 6) is 1.69. The quantitative estimate of drug-likeness (QED) is 0.903. The Labute approximate surface area is 124 Å². The van der Waals surface area contributed by atoms with Gasteiger partial charge in [0.25, 0.3) is 0 Å². The number of rotatable bonds is 5. The van der Waals surface area contributed by atoms with Crippen molar-refractivity contribution in [3.05, 3.63) is 41.2 Å². The van der Waals surface area contributed by atoms with E-state index < -0.39 is 0 Å². The van der Waals surface area contributed by atoms with Crippen LogP contribution in [0.5, 0.6) is 0 Å². The van der Waals surface area contributed by atoms with Crippen molar-refractivity contribution in [3.63, 3.8) is 0 Å². The maximum absolute atomic E-state index is 6.13. The van der Waals surface area contributed by atoms with Gasteiger partial charge in [0.1, 0.15) is 18.0 Å². The van der Waals surface area contributed by atoms with Crippen LogP contribution in [0.1, 0.15) is 19.4 Å². The number of nitrogens with zero attached hydrogens (tertiary/aromatic N) is 3. The van der Waals surface area contributed by atoms with Gasteiger partial charge < -0.3 is 10.2 Å². The molecule has 2 rings (SSSR count). The highest BCUT2D eigenvalue weighted by Crippen LogP contribution is 2.26. The normalized spacial score (nSPS) is 10.4. The first kappa shape index (κ1) is 14.6. The summed E-state index contributed by atoms with van der Waals surface area (Å²) >= 11 is 6.13. The van der Waals surface area contributed by atoms with E-state index in [0.717, 1.165) is 41.0 Å². The summed E-state index contributed by atoms with van der Waals surface area (Å²) < 4.78 is 0. The minimum Gasteiger partial charge on any atom is -0.357 e. The zero-order valence-corrected chi connectivity index (χ0v) is 12.8. The van der Waals surface area contributed by atoms with Gasteiger partial charge >= 0.3 is 0 Å². The van der Waals surface area contributed by atoms with Gasteiger partial charge in [-0.05, 0) is 38.5 Å². The molecule has 0 aliphatic carbocycles. The summed E-state index contributed by atoms with van der Waals surface area (Å²) in [7, 11) is 0. The van der Waals surface area contributed by atoms with Crippen LogP contribution in [-0.4, -0.2) is 23.1 Å². The lowest BCUT2D eigenvalue weighted by atomic mass is 10.2. The molecule has 1 heterocycles. The first-order valence-electron chi connectivity index (χ1n) is 6.74. The number of nitrogens with one attached hydrogen (secondary N) is 1. The molecule has 0 atom stereocenters. The maximum atomic E-state index is 6.13. The van der Waals surface area contributed by atoms with Crippen LogP contribution in [0.2, 0.25) is 5.02 Å². The Morgan fingerprint density at radius 3 is 2.65 bits per heavy atom. The second-order valence-corrected chi connectivity index (χ2v) is 4.88. The summed E-state index contributed by atoms with van der Waals surface area (Å²) in [5, 5.41) is 4.04. The molecule has 2 aromatic rings. The lowest BCUT2D eigenvalue weighted by Gasteiger charge is -2.20. The van der Waals surface area contributed by atoms with Crippen LogP contribution in [0, 0.1) is 6.92 Å². The maximum Gasteiger partial charge on any atom is 0.135 e. The van der Waals surface area contributed by atoms with Crippen LogP contribution in [0.4, 0.5) is 17.3 Å². The highest BCUT2D eigenvalue weighted by molar-refractivity contribution is 6.31. The minimum atomic E-state index is 0.744. The zero-order chi connectivity index (χ0) is 14.5. The first-order chi connectivity index (χ1) is 9.65. The zero-order valence-electron chi connectivity index (χ0n) is 12.0. The molecule has 0 aliphatic heterocycles. The Morgan fingerprint density at radius 2 is 1.95 bits per heavy atom. The second kappa shape index (κ2) is 6.57. The van der Waals surface area contributed by atoms with E-state index in [0.29, 0.717) is 0 Å². The summed E-state index contributed by atoms with van der Waals surface area (Å²) in [5.41, 5.74) is 1.97. The minimum absolute atomic E-state index is 0.744. The molecule has 0 radical (unpaired) electrons. The third-order valence-corrected chi connectivity index (χ3v) is 3.68. The van der Waals surface area contributed by atoms with Crippen LogP contribution in [-0.2, 0) is 0 Å². The molecule has 106 valence electrons. The fourth-order valence-electron chi connectivity index (χ4n) is 2.02. The molecule has 0 bridgehead atoms. The van der Waals surface area contributed by atoms with Crippen LogP contribution < -0.4 is 10.2 Å². The number of halogens is 1. The van der Waals surface area contributed by atoms with Gasteiger partial charge in [0, 0.05) is 29.9 Å². The molecule has 5 heteroatoms. The van der Waals surface area contributed by atoms with Crippen molar-refractivity contribution >= 4 is 28.9 Å². The van der Waals surface area contributed by atoms with E-state index in [1.54, 1.807) is 6.33 Å². The van der Waals surface area contributed by atoms with E-state index in [1.165, 1.54) is 0 Å². The van der Waals surface area contributed by atoms with Crippen LogP contribution in [0.15, 0.2) is 30.6 Å². The topological polar surface area (TPSA) is 41.0 Å². The van der Waals surface area contributed by atoms with Gasteiger partial charge in [0.2, 0.25) is 0 Å². The molecule has 0 spiro atoms. The van der Waals surface area contributed by atoms with E-state index in [-0.39, 0.29) is 0 Å². The van der Waals surface area contributed by atoms with E-state index in [2.05, 4.69) is 34.0 Å². The van der Waals surface area contributed by atoms with Crippen LogP contribution >= 0.6 is 11.6 Å². The number of aromatic nitrogens is 2. The standard InChI is InChI=1S/C15H19ClN4/c1-4-20(5-2)15-9-14(17-10-18-15)19-13-8-6-7-12(16)11(13)3/h6-10H,4-5H2,1-3H3,(H,17,18,19). The van der Waals surface area contributed by atoms with Gasteiger partial charge in [-0.1, -0.05) is 17.7 Å². The molecule has 0 aliphatic rings. The summed E-state index contributed by atoms with van der Waals surface area (Å²) in [6.45, 7) is 8.04. The van der Waals surface area contributed by atoms with E-state index in [1.807, 2.05) is 31.2 Å². The Morgan fingerprint density at radius 1 is 1.20 bits per heavy atom. The van der Waals surface area contributed by atoms with E-state index >= 15 is 0 Å². The predicted octanol–water partition coefficient (Wildman–Crippen LogP) is 4.03. The van der Waals surface area contributed by atoms with Crippen LogP contribution in [0.3, 0.4) is 0 Å². The Balaban J connectivity index is 2.26. The highest BCUT2D eigenvalue weighted by atomic mass is 35.5. The third-order valence-electron chi connectivity index (χ3n) is 3.27. The van der Waals surface area contributed by atoms with Gasteiger partial charge in [-0.15, -0.1) is 0 Å². The van der Waals surface area contributed by atoms with Crippen molar-refractivity contribution in [3.8, 4) is 0 Å². The average Bonchev–Trinajstić information content (AvgIpc) is 2.46. The molecule has 1 aromatic carbocycles. The summed E-state index contributed by atoms with van der Waals surface area (Å²) in [6, 6.07) is 7.74. The van der Waals surface area contributed by atoms with E-state index in [9.17, 15) is 0 Å². The fourth-order valence-corrected chi connectivity index (χ4v) is 2.19. The van der Waals surface area contributed by atoms with Crippen molar-refractivity contribution in [1.82, 2.24) is 9.97 Å². The molecule has 0 saturated carbocycles. The molecular weight excluding hydrogens is 272 g/mol. The van der Waals surface area contributed by atoms with Crippen molar-refractivity contribution in [2.75, 3.05) is 23.3 Å². The van der Waals surface area contributed by atoms with Gasteiger partial charge in [-0.2, -0.15) is 0 Å². The second-order valence-electron chi connectivity index (χ2n) is 4.47. The smallest absolute Gasteiger partial charge is 0.135 e.